The minimum atomic E-state index is -0.543. The Labute approximate surface area is 202 Å². The van der Waals surface area contributed by atoms with Crippen LogP contribution in [-0.2, 0) is 9.53 Å². The van der Waals surface area contributed by atoms with Crippen molar-refractivity contribution in [3.8, 4) is 32.3 Å². The van der Waals surface area contributed by atoms with Crippen LogP contribution in [0.4, 0.5) is 11.5 Å². The van der Waals surface area contributed by atoms with Crippen molar-refractivity contribution in [3.05, 3.63) is 58.5 Å². The summed E-state index contributed by atoms with van der Waals surface area (Å²) in [5.41, 5.74) is 9.33. The fourth-order valence-electron chi connectivity index (χ4n) is 3.26. The molecule has 0 aliphatic carbocycles. The largest absolute Gasteiger partial charge is 0.464 e. The molecule has 4 rings (SSSR count). The normalized spacial score (nSPS) is 10.8. The molecule has 0 unspecified atom stereocenters. The quantitative estimate of drug-likeness (QED) is 0.310. The zero-order chi connectivity index (χ0) is 23.7. The average Bonchev–Trinajstić information content (AvgIpc) is 3.38. The number of methoxy groups -OCH3 is 1. The second-order valence-corrected chi connectivity index (χ2v) is 8.79. The minimum Gasteiger partial charge on any atom is -0.464 e. The van der Waals surface area contributed by atoms with Crippen molar-refractivity contribution in [2.45, 2.75) is 6.92 Å². The highest BCUT2D eigenvalue weighted by molar-refractivity contribution is 7.20. The van der Waals surface area contributed by atoms with E-state index in [4.69, 9.17) is 33.7 Å². The van der Waals surface area contributed by atoms with Gasteiger partial charge in [-0.15, -0.1) is 11.3 Å². The number of hydrogen-bond acceptors (Lipinski definition) is 7. The van der Waals surface area contributed by atoms with Crippen molar-refractivity contribution < 1.29 is 14.3 Å². The summed E-state index contributed by atoms with van der Waals surface area (Å²) < 4.78 is 4.77. The molecule has 4 N–H and O–H groups in total. The van der Waals surface area contributed by atoms with Crippen LogP contribution in [0.1, 0.15) is 17.4 Å². The zero-order valence-electron chi connectivity index (χ0n) is 17.4. The van der Waals surface area contributed by atoms with E-state index in [9.17, 15) is 9.59 Å². The standard InChI is InChI=1S/C22H17Cl2N5O3S/c1-10(30)28-16-7-11(5-6-26-16)19-18(25)17(13-4-3-12(23)8-14(13)24)20(33-19)21-27-9-15(29-21)22(31)32-2/h3-9H,25H2,1-2H3,(H,27,29)(H,26,28,30). The summed E-state index contributed by atoms with van der Waals surface area (Å²) in [6, 6.07) is 8.62. The van der Waals surface area contributed by atoms with Crippen LogP contribution in [0.2, 0.25) is 10.0 Å². The molecule has 1 amide bonds. The number of nitrogens with two attached hydrogens (primary N) is 1. The SMILES string of the molecule is COC(=O)c1cnc(-c2sc(-c3ccnc(NC(C)=O)c3)c(N)c2-c2ccc(Cl)cc2Cl)[nH]1. The molecule has 168 valence electrons. The number of ether oxygens (including phenoxy) is 1. The maximum absolute atomic E-state index is 11.9. The van der Waals surface area contributed by atoms with Gasteiger partial charge in [-0.1, -0.05) is 29.3 Å². The Bertz CT molecular complexity index is 1380. The van der Waals surface area contributed by atoms with Crippen LogP contribution in [0.5, 0.6) is 0 Å². The van der Waals surface area contributed by atoms with Gasteiger partial charge < -0.3 is 20.8 Å². The van der Waals surface area contributed by atoms with Crippen LogP contribution in [0.25, 0.3) is 32.3 Å². The van der Waals surface area contributed by atoms with Crippen LogP contribution in [0.3, 0.4) is 0 Å². The van der Waals surface area contributed by atoms with E-state index in [0.717, 1.165) is 10.4 Å². The Morgan fingerprint density at radius 3 is 2.64 bits per heavy atom. The molecular weight excluding hydrogens is 485 g/mol. The second kappa shape index (κ2) is 9.22. The highest BCUT2D eigenvalue weighted by Gasteiger charge is 2.24. The Morgan fingerprint density at radius 1 is 1.15 bits per heavy atom. The van der Waals surface area contributed by atoms with E-state index in [1.165, 1.54) is 31.6 Å². The topological polar surface area (TPSA) is 123 Å². The van der Waals surface area contributed by atoms with Crippen LogP contribution >= 0.6 is 34.5 Å². The zero-order valence-corrected chi connectivity index (χ0v) is 19.7. The number of nitrogens with zero attached hydrogens (tertiary/aromatic N) is 2. The molecule has 0 aliphatic rings. The summed E-state index contributed by atoms with van der Waals surface area (Å²) in [7, 11) is 1.29. The van der Waals surface area contributed by atoms with E-state index in [-0.39, 0.29) is 11.6 Å². The first-order valence-corrected chi connectivity index (χ1v) is 11.1. The van der Waals surface area contributed by atoms with E-state index < -0.39 is 5.97 Å². The number of aromatic nitrogens is 3. The van der Waals surface area contributed by atoms with Crippen molar-refractivity contribution in [1.82, 2.24) is 15.0 Å². The number of pyridine rings is 1. The number of H-pyrrole nitrogens is 1. The molecule has 1 aromatic carbocycles. The van der Waals surface area contributed by atoms with Crippen LogP contribution in [-0.4, -0.2) is 33.9 Å². The Morgan fingerprint density at radius 2 is 1.94 bits per heavy atom. The summed E-state index contributed by atoms with van der Waals surface area (Å²) in [6.45, 7) is 1.41. The predicted octanol–water partition coefficient (Wildman–Crippen LogP) is 5.50. The number of benzene rings is 1. The highest BCUT2D eigenvalue weighted by atomic mass is 35.5. The van der Waals surface area contributed by atoms with Gasteiger partial charge in [0.25, 0.3) is 0 Å². The van der Waals surface area contributed by atoms with Gasteiger partial charge in [0.15, 0.2) is 0 Å². The lowest BCUT2D eigenvalue weighted by Gasteiger charge is -2.08. The van der Waals surface area contributed by atoms with Gasteiger partial charge in [-0.25, -0.2) is 14.8 Å². The molecular formula is C22H17Cl2N5O3S. The van der Waals surface area contributed by atoms with Crippen molar-refractivity contribution in [2.24, 2.45) is 0 Å². The van der Waals surface area contributed by atoms with Crippen molar-refractivity contribution in [3.63, 3.8) is 0 Å². The molecule has 0 fully saturated rings. The second-order valence-electron chi connectivity index (χ2n) is 6.92. The number of carbonyl (C=O) groups is 2. The molecule has 11 heteroatoms. The van der Waals surface area contributed by atoms with Crippen LogP contribution in [0.15, 0.2) is 42.7 Å². The molecule has 3 aromatic heterocycles. The number of halogens is 2. The van der Waals surface area contributed by atoms with Crippen LogP contribution in [0, 0.1) is 0 Å². The van der Waals surface area contributed by atoms with Gasteiger partial charge in [0.05, 0.1) is 33.8 Å². The number of nitrogen functional groups attached to an aromatic ring is 1. The van der Waals surface area contributed by atoms with Gasteiger partial charge in [-0.2, -0.15) is 0 Å². The Kier molecular flexibility index (Phi) is 6.37. The highest BCUT2D eigenvalue weighted by Crippen LogP contribution is 2.50. The monoisotopic (exact) mass is 501 g/mol. The number of amides is 1. The number of aromatic amines is 1. The lowest BCUT2D eigenvalue weighted by Crippen LogP contribution is -2.07. The van der Waals surface area contributed by atoms with Crippen molar-refractivity contribution >= 4 is 57.9 Å². The van der Waals surface area contributed by atoms with E-state index in [0.29, 0.717) is 43.4 Å². The molecule has 4 aromatic rings. The molecule has 0 atom stereocenters. The van der Waals surface area contributed by atoms with E-state index >= 15 is 0 Å². The summed E-state index contributed by atoms with van der Waals surface area (Å²) in [5.74, 6) is 0.0413. The molecule has 0 saturated carbocycles. The van der Waals surface area contributed by atoms with Crippen molar-refractivity contribution in [2.75, 3.05) is 18.2 Å². The van der Waals surface area contributed by atoms with Gasteiger partial charge in [-0.3, -0.25) is 4.79 Å². The first-order valence-electron chi connectivity index (χ1n) is 9.54. The maximum atomic E-state index is 11.9. The van der Waals surface area contributed by atoms with Gasteiger partial charge in [-0.05, 0) is 29.8 Å². The van der Waals surface area contributed by atoms with Gasteiger partial charge in [0.1, 0.15) is 17.3 Å². The molecule has 0 saturated heterocycles. The number of esters is 1. The number of nitrogens with one attached hydrogen (secondary N) is 2. The lowest BCUT2D eigenvalue weighted by molar-refractivity contribution is -0.114. The molecule has 3 heterocycles. The third-order valence-electron chi connectivity index (χ3n) is 4.67. The fraction of sp³-hybridized carbons (Fsp3) is 0.0909. The smallest absolute Gasteiger partial charge is 0.356 e. The fourth-order valence-corrected chi connectivity index (χ4v) is 4.94. The number of hydrogen-bond donors (Lipinski definition) is 3. The number of anilines is 2. The summed E-state index contributed by atoms with van der Waals surface area (Å²) in [5, 5.41) is 3.56. The molecule has 0 aliphatic heterocycles. The molecule has 0 bridgehead atoms. The van der Waals surface area contributed by atoms with Crippen LogP contribution < -0.4 is 11.1 Å². The number of thiophene rings is 1. The number of imidazole rings is 1. The predicted molar refractivity (Wildman–Crippen MR) is 131 cm³/mol. The van der Waals surface area contributed by atoms with Gasteiger partial charge in [0, 0.05) is 29.3 Å². The minimum absolute atomic E-state index is 0.200. The average molecular weight is 502 g/mol. The first kappa shape index (κ1) is 22.8. The van der Waals surface area contributed by atoms with Gasteiger partial charge >= 0.3 is 5.97 Å². The molecule has 8 nitrogen and oxygen atoms in total. The van der Waals surface area contributed by atoms with Gasteiger partial charge in [0.2, 0.25) is 5.91 Å². The van der Waals surface area contributed by atoms with E-state index in [1.807, 2.05) is 0 Å². The Hall–Kier alpha value is -3.40. The maximum Gasteiger partial charge on any atom is 0.356 e. The van der Waals surface area contributed by atoms with E-state index in [1.54, 1.807) is 36.5 Å². The third kappa shape index (κ3) is 4.56. The molecule has 33 heavy (non-hydrogen) atoms. The Balaban J connectivity index is 1.93. The summed E-state index contributed by atoms with van der Waals surface area (Å²) in [6.07, 6.45) is 2.97. The van der Waals surface area contributed by atoms with Crippen molar-refractivity contribution in [1.29, 1.82) is 0 Å². The number of carbonyl (C=O) groups excluding carboxylic acids is 2. The molecule has 0 radical (unpaired) electrons. The lowest BCUT2D eigenvalue weighted by atomic mass is 10.0. The first-order chi connectivity index (χ1) is 15.8. The summed E-state index contributed by atoms with van der Waals surface area (Å²) in [4.78, 5) is 36.3. The summed E-state index contributed by atoms with van der Waals surface area (Å²) >= 11 is 14.0. The van der Waals surface area contributed by atoms with E-state index in [2.05, 4.69) is 20.3 Å². The molecule has 0 spiro atoms. The third-order valence-corrected chi connectivity index (χ3v) is 6.48. The number of rotatable bonds is 5.